The molecule has 2 aromatic carbocycles. The summed E-state index contributed by atoms with van der Waals surface area (Å²) in [6, 6.07) is 19.0. The largest absolute Gasteiger partial charge is 0.381 e. The molecule has 2 heteroatoms. The van der Waals surface area contributed by atoms with Crippen molar-refractivity contribution in [1.82, 2.24) is 0 Å². The Balaban J connectivity index is 1.79. The number of nitrogens with one attached hydrogen (secondary N) is 1. The van der Waals surface area contributed by atoms with Crippen LogP contribution in [0.2, 0.25) is 0 Å². The lowest BCUT2D eigenvalue weighted by Gasteiger charge is -2.36. The van der Waals surface area contributed by atoms with E-state index < -0.39 is 0 Å². The van der Waals surface area contributed by atoms with Crippen molar-refractivity contribution in [2.24, 2.45) is 0 Å². The Morgan fingerprint density at radius 1 is 1.10 bits per heavy atom. The third-order valence-electron chi connectivity index (χ3n) is 3.59. The van der Waals surface area contributed by atoms with Crippen LogP contribution in [0.3, 0.4) is 0 Å². The predicted octanol–water partition coefficient (Wildman–Crippen LogP) is 3.36. The molecule has 1 aliphatic rings. The van der Waals surface area contributed by atoms with Crippen LogP contribution < -0.4 is 10.2 Å². The van der Waals surface area contributed by atoms with Crippen molar-refractivity contribution in [1.29, 1.82) is 0 Å². The maximum atomic E-state index is 3.46. The van der Waals surface area contributed by atoms with Gasteiger partial charge in [-0.25, -0.2) is 0 Å². The van der Waals surface area contributed by atoms with Gasteiger partial charge in [0.2, 0.25) is 0 Å². The summed E-state index contributed by atoms with van der Waals surface area (Å²) in [6.07, 6.45) is 0. The van der Waals surface area contributed by atoms with E-state index in [2.05, 4.69) is 53.2 Å². The van der Waals surface area contributed by atoms with Crippen LogP contribution in [-0.4, -0.2) is 19.1 Å². The van der Waals surface area contributed by atoms with Crippen LogP contribution in [0.25, 0.3) is 0 Å². The van der Waals surface area contributed by atoms with Gasteiger partial charge in [-0.2, -0.15) is 0 Å². The zero-order chi connectivity index (χ0) is 13.8. The predicted molar refractivity (Wildman–Crippen MR) is 85.1 cm³/mol. The molecule has 1 atom stereocenters. The molecule has 0 fully saturated rings. The molecule has 1 N–H and O–H groups in total. The van der Waals surface area contributed by atoms with E-state index in [9.17, 15) is 0 Å². The first kappa shape index (κ1) is 12.6. The Kier molecular flexibility index (Phi) is 3.60. The molecule has 20 heavy (non-hydrogen) atoms. The molecule has 1 unspecified atom stereocenters. The van der Waals surface area contributed by atoms with Crippen LogP contribution >= 0.6 is 0 Å². The van der Waals surface area contributed by atoms with E-state index in [-0.39, 0.29) is 0 Å². The van der Waals surface area contributed by atoms with E-state index >= 15 is 0 Å². The summed E-state index contributed by atoms with van der Waals surface area (Å²) in [7, 11) is 0. The standard InChI is InChI=1S/C18H18N2/c1-15-14-19-17-11-5-6-12-18(17)20(15)13-7-10-16-8-3-2-4-9-16/h2-6,8-9,11-12,15,19H,13-14H2,1H3. The number of hydrogen-bond donors (Lipinski definition) is 1. The summed E-state index contributed by atoms with van der Waals surface area (Å²) < 4.78 is 0. The Morgan fingerprint density at radius 3 is 2.70 bits per heavy atom. The van der Waals surface area contributed by atoms with Crippen molar-refractivity contribution in [3.8, 4) is 11.8 Å². The molecule has 3 rings (SSSR count). The molecule has 0 aliphatic carbocycles. The van der Waals surface area contributed by atoms with Gasteiger partial charge in [-0.1, -0.05) is 42.2 Å². The molecule has 2 aromatic rings. The highest BCUT2D eigenvalue weighted by molar-refractivity contribution is 5.73. The van der Waals surface area contributed by atoms with Gasteiger partial charge in [0.1, 0.15) is 0 Å². The van der Waals surface area contributed by atoms with Crippen LogP contribution in [0, 0.1) is 11.8 Å². The van der Waals surface area contributed by atoms with Crippen molar-refractivity contribution in [2.75, 3.05) is 23.3 Å². The highest BCUT2D eigenvalue weighted by Crippen LogP contribution is 2.30. The monoisotopic (exact) mass is 262 g/mol. The van der Waals surface area contributed by atoms with E-state index in [0.29, 0.717) is 6.04 Å². The lowest BCUT2D eigenvalue weighted by atomic mass is 10.1. The quantitative estimate of drug-likeness (QED) is 0.793. The SMILES string of the molecule is CC1CNc2ccccc2N1CC#Cc1ccccc1. The summed E-state index contributed by atoms with van der Waals surface area (Å²) in [5.74, 6) is 6.52. The summed E-state index contributed by atoms with van der Waals surface area (Å²) in [5, 5.41) is 3.46. The van der Waals surface area contributed by atoms with Crippen LogP contribution in [0.15, 0.2) is 54.6 Å². The van der Waals surface area contributed by atoms with E-state index in [0.717, 1.165) is 18.7 Å². The molecule has 0 spiro atoms. The third kappa shape index (κ3) is 2.62. The number of rotatable bonds is 1. The van der Waals surface area contributed by atoms with Crippen molar-refractivity contribution < 1.29 is 0 Å². The third-order valence-corrected chi connectivity index (χ3v) is 3.59. The van der Waals surface area contributed by atoms with Gasteiger partial charge < -0.3 is 10.2 Å². The Labute approximate surface area is 120 Å². The maximum absolute atomic E-state index is 3.46. The molecule has 0 saturated carbocycles. The molecular weight excluding hydrogens is 244 g/mol. The average Bonchev–Trinajstić information content (AvgIpc) is 2.50. The van der Waals surface area contributed by atoms with Crippen LogP contribution in [0.1, 0.15) is 12.5 Å². The second-order valence-corrected chi connectivity index (χ2v) is 5.04. The van der Waals surface area contributed by atoms with Crippen molar-refractivity contribution in [3.63, 3.8) is 0 Å². The van der Waals surface area contributed by atoms with Gasteiger partial charge in [0.15, 0.2) is 0 Å². The average molecular weight is 262 g/mol. The van der Waals surface area contributed by atoms with E-state index in [1.165, 1.54) is 11.4 Å². The molecule has 0 bridgehead atoms. The second-order valence-electron chi connectivity index (χ2n) is 5.04. The zero-order valence-corrected chi connectivity index (χ0v) is 11.6. The Hall–Kier alpha value is -2.40. The fourth-order valence-electron chi connectivity index (χ4n) is 2.47. The minimum Gasteiger partial charge on any atom is -0.381 e. The molecule has 100 valence electrons. The van der Waals surface area contributed by atoms with Crippen molar-refractivity contribution in [2.45, 2.75) is 13.0 Å². The number of anilines is 2. The molecule has 0 amide bonds. The summed E-state index contributed by atoms with van der Waals surface area (Å²) >= 11 is 0. The molecule has 0 saturated heterocycles. The number of fused-ring (bicyclic) bond motifs is 1. The van der Waals surface area contributed by atoms with Gasteiger partial charge in [-0.05, 0) is 31.2 Å². The zero-order valence-electron chi connectivity index (χ0n) is 11.6. The van der Waals surface area contributed by atoms with Crippen LogP contribution in [0.4, 0.5) is 11.4 Å². The minimum absolute atomic E-state index is 0.454. The molecule has 2 nitrogen and oxygen atoms in total. The number of hydrogen-bond acceptors (Lipinski definition) is 2. The normalized spacial score (nSPS) is 16.6. The van der Waals surface area contributed by atoms with Gasteiger partial charge in [0.25, 0.3) is 0 Å². The fourth-order valence-corrected chi connectivity index (χ4v) is 2.47. The first-order chi connectivity index (χ1) is 9.84. The first-order valence-corrected chi connectivity index (χ1v) is 6.98. The minimum atomic E-state index is 0.454. The van der Waals surface area contributed by atoms with Gasteiger partial charge in [0.05, 0.1) is 17.9 Å². The lowest BCUT2D eigenvalue weighted by Crippen LogP contribution is -2.42. The van der Waals surface area contributed by atoms with Gasteiger partial charge in [-0.15, -0.1) is 0 Å². The molecule has 0 radical (unpaired) electrons. The Morgan fingerprint density at radius 2 is 1.85 bits per heavy atom. The van der Waals surface area contributed by atoms with Crippen LogP contribution in [-0.2, 0) is 0 Å². The number of benzene rings is 2. The van der Waals surface area contributed by atoms with Crippen molar-refractivity contribution in [3.05, 3.63) is 60.2 Å². The summed E-state index contributed by atoms with van der Waals surface area (Å²) in [6.45, 7) is 3.95. The summed E-state index contributed by atoms with van der Waals surface area (Å²) in [4.78, 5) is 2.36. The van der Waals surface area contributed by atoms with Gasteiger partial charge in [0, 0.05) is 18.2 Å². The first-order valence-electron chi connectivity index (χ1n) is 6.98. The second kappa shape index (κ2) is 5.71. The van der Waals surface area contributed by atoms with Gasteiger partial charge >= 0.3 is 0 Å². The van der Waals surface area contributed by atoms with Gasteiger partial charge in [-0.3, -0.25) is 0 Å². The molecular formula is C18H18N2. The lowest BCUT2D eigenvalue weighted by molar-refractivity contribution is 0.678. The van der Waals surface area contributed by atoms with Crippen molar-refractivity contribution >= 4 is 11.4 Å². The van der Waals surface area contributed by atoms with E-state index in [1.54, 1.807) is 0 Å². The molecule has 1 aliphatic heterocycles. The van der Waals surface area contributed by atoms with E-state index in [4.69, 9.17) is 0 Å². The molecule has 1 heterocycles. The fraction of sp³-hybridized carbons (Fsp3) is 0.222. The topological polar surface area (TPSA) is 15.3 Å². The maximum Gasteiger partial charge on any atom is 0.0802 e. The molecule has 0 aromatic heterocycles. The number of para-hydroxylation sites is 2. The highest BCUT2D eigenvalue weighted by Gasteiger charge is 2.21. The smallest absolute Gasteiger partial charge is 0.0802 e. The van der Waals surface area contributed by atoms with E-state index in [1.807, 2.05) is 30.3 Å². The Bertz CT molecular complexity index is 637. The summed E-state index contributed by atoms with van der Waals surface area (Å²) in [5.41, 5.74) is 3.52. The number of nitrogens with zero attached hydrogens (tertiary/aromatic N) is 1. The van der Waals surface area contributed by atoms with Crippen LogP contribution in [0.5, 0.6) is 0 Å². The highest BCUT2D eigenvalue weighted by atomic mass is 15.2.